The minimum atomic E-state index is -0.532. The van der Waals surface area contributed by atoms with Gasteiger partial charge in [-0.1, -0.05) is 26.0 Å². The third kappa shape index (κ3) is 5.78. The van der Waals surface area contributed by atoms with Gasteiger partial charge in [-0.05, 0) is 33.6 Å². The van der Waals surface area contributed by atoms with Crippen molar-refractivity contribution in [3.63, 3.8) is 0 Å². The molecule has 0 bridgehead atoms. The molecule has 2 N–H and O–H groups in total. The van der Waals surface area contributed by atoms with E-state index in [-0.39, 0.29) is 12.2 Å². The molecule has 0 aliphatic rings. The molecule has 100 valence electrons. The summed E-state index contributed by atoms with van der Waals surface area (Å²) in [5.74, 6) is 0. The summed E-state index contributed by atoms with van der Waals surface area (Å²) in [5.41, 5.74) is 5.72. The van der Waals surface area contributed by atoms with Crippen molar-refractivity contribution >= 4 is 0 Å². The number of nitrogens with two attached hydrogens (primary N) is 1. The molecule has 0 aromatic rings. The Kier molecular flexibility index (Phi) is 7.72. The van der Waals surface area contributed by atoms with Gasteiger partial charge in [0.1, 0.15) is 12.2 Å². The third-order valence-electron chi connectivity index (χ3n) is 2.98. The normalized spacial score (nSPS) is 19.2. The van der Waals surface area contributed by atoms with Gasteiger partial charge in [-0.2, -0.15) is 0 Å². The van der Waals surface area contributed by atoms with Crippen LogP contribution < -0.4 is 5.73 Å². The van der Waals surface area contributed by atoms with E-state index in [2.05, 4.69) is 13.8 Å². The summed E-state index contributed by atoms with van der Waals surface area (Å²) in [7, 11) is 0. The standard InChI is InChI=1S/C14H27NO2/c1-6-8-10-16-12(3)14(5,15)13(4)17-11-9-7-2/h8-13H,6-7,15H2,1-5H3. The predicted molar refractivity (Wildman–Crippen MR) is 72.5 cm³/mol. The smallest absolute Gasteiger partial charge is 0.116 e. The number of rotatable bonds is 8. The topological polar surface area (TPSA) is 44.5 Å². The molecule has 0 saturated carbocycles. The molecule has 0 fully saturated rings. The predicted octanol–water partition coefficient (Wildman–Crippen LogP) is 3.36. The molecule has 3 nitrogen and oxygen atoms in total. The van der Waals surface area contributed by atoms with E-state index in [0.717, 1.165) is 12.8 Å². The Bertz CT molecular complexity index is 223. The maximum atomic E-state index is 6.25. The molecule has 0 aliphatic carbocycles. The van der Waals surface area contributed by atoms with E-state index in [0.29, 0.717) is 0 Å². The summed E-state index contributed by atoms with van der Waals surface area (Å²) >= 11 is 0. The average molecular weight is 241 g/mol. The van der Waals surface area contributed by atoms with Crippen LogP contribution in [0.3, 0.4) is 0 Å². The van der Waals surface area contributed by atoms with Crippen molar-refractivity contribution in [3.05, 3.63) is 24.7 Å². The van der Waals surface area contributed by atoms with Gasteiger partial charge in [0.2, 0.25) is 0 Å². The molecule has 17 heavy (non-hydrogen) atoms. The van der Waals surface area contributed by atoms with Crippen molar-refractivity contribution in [3.8, 4) is 0 Å². The van der Waals surface area contributed by atoms with Gasteiger partial charge in [-0.15, -0.1) is 0 Å². The highest BCUT2D eigenvalue weighted by molar-refractivity contribution is 4.94. The van der Waals surface area contributed by atoms with Gasteiger partial charge >= 0.3 is 0 Å². The number of ether oxygens (including phenoxy) is 2. The van der Waals surface area contributed by atoms with E-state index >= 15 is 0 Å². The first-order chi connectivity index (χ1) is 7.96. The third-order valence-corrected chi connectivity index (χ3v) is 2.98. The van der Waals surface area contributed by atoms with Gasteiger partial charge in [0, 0.05) is 0 Å². The quantitative estimate of drug-likeness (QED) is 0.663. The van der Waals surface area contributed by atoms with Crippen LogP contribution in [-0.2, 0) is 9.47 Å². The van der Waals surface area contributed by atoms with Gasteiger partial charge in [0.15, 0.2) is 0 Å². The summed E-state index contributed by atoms with van der Waals surface area (Å²) in [4.78, 5) is 0. The van der Waals surface area contributed by atoms with Crippen LogP contribution in [0, 0.1) is 0 Å². The van der Waals surface area contributed by atoms with Crippen molar-refractivity contribution in [1.29, 1.82) is 0 Å². The highest BCUT2D eigenvalue weighted by atomic mass is 16.5. The average Bonchev–Trinajstić information content (AvgIpc) is 2.29. The monoisotopic (exact) mass is 241 g/mol. The molecule has 0 aromatic carbocycles. The molecule has 0 amide bonds. The van der Waals surface area contributed by atoms with E-state index in [9.17, 15) is 0 Å². The number of hydrogen-bond donors (Lipinski definition) is 1. The van der Waals surface area contributed by atoms with Crippen molar-refractivity contribution in [2.24, 2.45) is 5.73 Å². The highest BCUT2D eigenvalue weighted by Gasteiger charge is 2.35. The van der Waals surface area contributed by atoms with E-state index in [4.69, 9.17) is 15.2 Å². The molecule has 0 rings (SSSR count). The van der Waals surface area contributed by atoms with E-state index < -0.39 is 5.54 Å². The Hall–Kier alpha value is -0.960. The Labute approximate surface area is 106 Å². The summed E-state index contributed by atoms with van der Waals surface area (Å²) in [6, 6.07) is 0. The molecule has 2 unspecified atom stereocenters. The van der Waals surface area contributed by atoms with Crippen LogP contribution in [0.2, 0.25) is 0 Å². The molecule has 0 aliphatic heterocycles. The first-order valence-corrected chi connectivity index (χ1v) is 6.36. The fourth-order valence-electron chi connectivity index (χ4n) is 1.16. The molecular formula is C14H27NO2. The van der Waals surface area contributed by atoms with Crippen LogP contribution in [-0.4, -0.2) is 17.7 Å². The first kappa shape index (κ1) is 16.0. The summed E-state index contributed by atoms with van der Waals surface area (Å²) < 4.78 is 11.1. The van der Waals surface area contributed by atoms with Gasteiger partial charge in [-0.3, -0.25) is 0 Å². The second kappa shape index (κ2) is 8.18. The van der Waals surface area contributed by atoms with Crippen molar-refractivity contribution in [2.75, 3.05) is 0 Å². The lowest BCUT2D eigenvalue weighted by Crippen LogP contribution is -2.56. The highest BCUT2D eigenvalue weighted by Crippen LogP contribution is 2.18. The second-order valence-electron chi connectivity index (χ2n) is 4.48. The van der Waals surface area contributed by atoms with Crippen molar-refractivity contribution in [2.45, 2.75) is 65.2 Å². The van der Waals surface area contributed by atoms with Gasteiger partial charge in [-0.25, -0.2) is 0 Å². The summed E-state index contributed by atoms with van der Waals surface area (Å²) in [5, 5.41) is 0. The molecule has 0 saturated heterocycles. The zero-order chi connectivity index (χ0) is 13.3. The lowest BCUT2D eigenvalue weighted by atomic mass is 9.91. The second-order valence-corrected chi connectivity index (χ2v) is 4.48. The molecule has 0 radical (unpaired) electrons. The SMILES string of the molecule is CCC=COC(C)C(C)(N)C(C)OC=CCC. The number of allylic oxidation sites excluding steroid dienone is 2. The maximum absolute atomic E-state index is 6.25. The fourth-order valence-corrected chi connectivity index (χ4v) is 1.16. The fraction of sp³-hybridized carbons (Fsp3) is 0.714. The molecule has 2 atom stereocenters. The van der Waals surface area contributed by atoms with Crippen LogP contribution in [0.5, 0.6) is 0 Å². The van der Waals surface area contributed by atoms with Crippen LogP contribution in [0.25, 0.3) is 0 Å². The minimum absolute atomic E-state index is 0.102. The van der Waals surface area contributed by atoms with Gasteiger partial charge in [0.05, 0.1) is 18.1 Å². The lowest BCUT2D eigenvalue weighted by Gasteiger charge is -2.35. The Morgan fingerprint density at radius 2 is 1.35 bits per heavy atom. The minimum Gasteiger partial charge on any atom is -0.497 e. The molecular weight excluding hydrogens is 214 g/mol. The lowest BCUT2D eigenvalue weighted by molar-refractivity contribution is 0.00146. The number of hydrogen-bond acceptors (Lipinski definition) is 3. The van der Waals surface area contributed by atoms with E-state index in [1.807, 2.05) is 32.9 Å². The largest absolute Gasteiger partial charge is 0.497 e. The molecule has 0 heterocycles. The van der Waals surface area contributed by atoms with Crippen LogP contribution in [0.15, 0.2) is 24.7 Å². The molecule has 3 heteroatoms. The van der Waals surface area contributed by atoms with Crippen LogP contribution in [0.4, 0.5) is 0 Å². The van der Waals surface area contributed by atoms with Gasteiger partial charge in [0.25, 0.3) is 0 Å². The molecule has 0 aromatic heterocycles. The summed E-state index contributed by atoms with van der Waals surface area (Å²) in [6.45, 7) is 10.00. The van der Waals surface area contributed by atoms with Gasteiger partial charge < -0.3 is 15.2 Å². The first-order valence-electron chi connectivity index (χ1n) is 6.36. The zero-order valence-corrected chi connectivity index (χ0v) is 11.8. The maximum Gasteiger partial charge on any atom is 0.116 e. The summed E-state index contributed by atoms with van der Waals surface area (Å²) in [6.07, 6.45) is 9.07. The Balaban J connectivity index is 4.31. The van der Waals surface area contributed by atoms with Crippen molar-refractivity contribution in [1.82, 2.24) is 0 Å². The van der Waals surface area contributed by atoms with E-state index in [1.165, 1.54) is 0 Å². The van der Waals surface area contributed by atoms with E-state index in [1.54, 1.807) is 12.5 Å². The Morgan fingerprint density at radius 1 is 1.00 bits per heavy atom. The van der Waals surface area contributed by atoms with Crippen molar-refractivity contribution < 1.29 is 9.47 Å². The molecule has 0 spiro atoms. The Morgan fingerprint density at radius 3 is 1.65 bits per heavy atom. The van der Waals surface area contributed by atoms with Crippen LogP contribution >= 0.6 is 0 Å². The zero-order valence-electron chi connectivity index (χ0n) is 11.8. The van der Waals surface area contributed by atoms with Crippen LogP contribution in [0.1, 0.15) is 47.5 Å².